The Hall–Kier alpha value is -0.180. The minimum Gasteiger partial charge on any atom is -0.361 e. The maximum absolute atomic E-state index is 4.80. The molecule has 3 heteroatoms. The molecule has 2 fully saturated rings. The zero-order valence-corrected chi connectivity index (χ0v) is 10.2. The van der Waals surface area contributed by atoms with Gasteiger partial charge in [-0.05, 0) is 24.7 Å². The normalized spacial score (nSPS) is 38.1. The molecule has 0 bridgehead atoms. The molecule has 1 N–H and O–H groups in total. The van der Waals surface area contributed by atoms with Gasteiger partial charge in [0.05, 0.1) is 6.04 Å². The van der Waals surface area contributed by atoms with Gasteiger partial charge in [-0.25, -0.2) is 0 Å². The first-order chi connectivity index (χ1) is 6.62. The first-order valence-corrected chi connectivity index (χ1v) is 6.57. The lowest BCUT2D eigenvalue weighted by Gasteiger charge is -2.41. The van der Waals surface area contributed by atoms with Crippen molar-refractivity contribution in [3.63, 3.8) is 0 Å². The summed E-state index contributed by atoms with van der Waals surface area (Å²) in [5, 5.41) is 4.68. The highest BCUT2D eigenvalue weighted by Gasteiger charge is 2.39. The van der Waals surface area contributed by atoms with Crippen LogP contribution in [0.3, 0.4) is 0 Å². The fourth-order valence-electron chi connectivity index (χ4n) is 1.96. The van der Waals surface area contributed by atoms with Crippen LogP contribution < -0.4 is 5.32 Å². The van der Waals surface area contributed by atoms with Gasteiger partial charge in [-0.15, -0.1) is 0 Å². The van der Waals surface area contributed by atoms with Gasteiger partial charge in [-0.2, -0.15) is 0 Å². The molecule has 2 rings (SSSR count). The summed E-state index contributed by atoms with van der Waals surface area (Å²) in [6, 6.07) is 1.22. The van der Waals surface area contributed by atoms with E-state index < -0.39 is 0 Å². The van der Waals surface area contributed by atoms with Crippen molar-refractivity contribution >= 4 is 16.9 Å². The Bertz CT molecular complexity index is 248. The lowest BCUT2D eigenvalue weighted by Crippen LogP contribution is -2.40. The lowest BCUT2D eigenvalue weighted by atomic mass is 9.68. The van der Waals surface area contributed by atoms with E-state index in [0.29, 0.717) is 17.5 Å². The summed E-state index contributed by atoms with van der Waals surface area (Å²) < 4.78 is 0. The first-order valence-electron chi connectivity index (χ1n) is 5.59. The smallest absolute Gasteiger partial charge is 0.157 e. The summed E-state index contributed by atoms with van der Waals surface area (Å²) in [6.45, 7) is 6.87. The van der Waals surface area contributed by atoms with E-state index in [1.54, 1.807) is 0 Å². The molecule has 14 heavy (non-hydrogen) atoms. The van der Waals surface area contributed by atoms with Gasteiger partial charge in [0.15, 0.2) is 5.17 Å². The third kappa shape index (κ3) is 1.92. The summed E-state index contributed by atoms with van der Waals surface area (Å²) in [7, 11) is 0. The van der Waals surface area contributed by atoms with Crippen molar-refractivity contribution in [1.82, 2.24) is 5.32 Å². The van der Waals surface area contributed by atoms with E-state index in [2.05, 4.69) is 26.1 Å². The Morgan fingerprint density at radius 2 is 2.36 bits per heavy atom. The number of nitrogens with zero attached hydrogens (tertiary/aromatic N) is 1. The van der Waals surface area contributed by atoms with Crippen LogP contribution in [0.5, 0.6) is 0 Å². The Kier molecular flexibility index (Phi) is 2.78. The summed E-state index contributed by atoms with van der Waals surface area (Å²) in [6.07, 6.45) is 3.81. The van der Waals surface area contributed by atoms with Gasteiger partial charge < -0.3 is 5.32 Å². The average molecular weight is 212 g/mol. The predicted octanol–water partition coefficient (Wildman–Crippen LogP) is 2.65. The lowest BCUT2D eigenvalue weighted by molar-refractivity contribution is 0.145. The van der Waals surface area contributed by atoms with Crippen LogP contribution >= 0.6 is 11.8 Å². The Labute approximate surface area is 90.9 Å². The predicted molar refractivity (Wildman–Crippen MR) is 63.9 cm³/mol. The Balaban J connectivity index is 1.93. The van der Waals surface area contributed by atoms with Crippen molar-refractivity contribution in [3.8, 4) is 0 Å². The summed E-state index contributed by atoms with van der Waals surface area (Å²) in [4.78, 5) is 4.80. The second-order valence-corrected chi connectivity index (χ2v) is 6.05. The van der Waals surface area contributed by atoms with E-state index in [4.69, 9.17) is 4.99 Å². The van der Waals surface area contributed by atoms with E-state index in [1.807, 2.05) is 11.8 Å². The van der Waals surface area contributed by atoms with E-state index in [1.165, 1.54) is 30.2 Å². The monoisotopic (exact) mass is 212 g/mol. The van der Waals surface area contributed by atoms with Crippen molar-refractivity contribution in [2.24, 2.45) is 10.4 Å². The van der Waals surface area contributed by atoms with Gasteiger partial charge in [0.25, 0.3) is 0 Å². The molecule has 1 saturated carbocycles. The van der Waals surface area contributed by atoms with Crippen molar-refractivity contribution in [1.29, 1.82) is 0 Å². The molecule has 1 aliphatic carbocycles. The summed E-state index contributed by atoms with van der Waals surface area (Å²) >= 11 is 1.89. The van der Waals surface area contributed by atoms with Gasteiger partial charge in [0.2, 0.25) is 0 Å². The largest absolute Gasteiger partial charge is 0.361 e. The maximum atomic E-state index is 4.80. The number of hydrogen-bond acceptors (Lipinski definition) is 2. The second kappa shape index (κ2) is 3.76. The molecule has 2 nitrogen and oxygen atoms in total. The molecule has 1 aliphatic heterocycles. The Morgan fingerprint density at radius 1 is 1.57 bits per heavy atom. The van der Waals surface area contributed by atoms with Crippen LogP contribution in [0.2, 0.25) is 0 Å². The maximum Gasteiger partial charge on any atom is 0.157 e. The zero-order chi connectivity index (χ0) is 10.2. The third-order valence-corrected chi connectivity index (χ3v) is 4.54. The molecule has 2 atom stereocenters. The standard InChI is InChI=1S/C11H20N2S/c1-4-8-7-14-10(12-8)13-9-5-6-11(9,2)3/h8-9H,4-7H2,1-3H3,(H,12,13). The first kappa shape index (κ1) is 10.3. The van der Waals surface area contributed by atoms with Crippen LogP contribution in [0.25, 0.3) is 0 Å². The minimum atomic E-state index is 0.444. The molecular formula is C11H20N2S. The molecule has 0 spiro atoms. The van der Waals surface area contributed by atoms with Gasteiger partial charge in [0, 0.05) is 11.8 Å². The number of aliphatic imine (C=N–C) groups is 1. The molecule has 0 amide bonds. The fourth-order valence-corrected chi connectivity index (χ4v) is 3.09. The van der Waals surface area contributed by atoms with Crippen molar-refractivity contribution in [2.45, 2.75) is 52.1 Å². The van der Waals surface area contributed by atoms with Crippen molar-refractivity contribution in [2.75, 3.05) is 5.75 Å². The quantitative estimate of drug-likeness (QED) is 0.761. The molecule has 1 saturated heterocycles. The van der Waals surface area contributed by atoms with E-state index in [9.17, 15) is 0 Å². The fraction of sp³-hybridized carbons (Fsp3) is 0.909. The number of thioether (sulfide) groups is 1. The van der Waals surface area contributed by atoms with Crippen molar-refractivity contribution in [3.05, 3.63) is 0 Å². The van der Waals surface area contributed by atoms with Crippen molar-refractivity contribution < 1.29 is 0 Å². The van der Waals surface area contributed by atoms with E-state index in [-0.39, 0.29) is 0 Å². The second-order valence-electron chi connectivity index (χ2n) is 5.04. The molecule has 1 heterocycles. The van der Waals surface area contributed by atoms with Crippen LogP contribution in [0.15, 0.2) is 4.99 Å². The molecule has 0 aromatic heterocycles. The SMILES string of the molecule is CCC1CSC(=NC2CCC2(C)C)N1. The van der Waals surface area contributed by atoms with Crippen LogP contribution in [-0.2, 0) is 0 Å². The zero-order valence-electron chi connectivity index (χ0n) is 9.34. The molecular weight excluding hydrogens is 192 g/mol. The molecule has 0 aromatic carbocycles. The van der Waals surface area contributed by atoms with Crippen LogP contribution in [-0.4, -0.2) is 23.0 Å². The number of amidine groups is 1. The van der Waals surface area contributed by atoms with Crippen LogP contribution in [0, 0.1) is 5.41 Å². The Morgan fingerprint density at radius 3 is 2.79 bits per heavy atom. The van der Waals surface area contributed by atoms with Crippen LogP contribution in [0.1, 0.15) is 40.0 Å². The van der Waals surface area contributed by atoms with Crippen LogP contribution in [0.4, 0.5) is 0 Å². The van der Waals surface area contributed by atoms with Gasteiger partial charge in [-0.1, -0.05) is 32.5 Å². The molecule has 0 aromatic rings. The highest BCUT2D eigenvalue weighted by Crippen LogP contribution is 2.42. The highest BCUT2D eigenvalue weighted by atomic mass is 32.2. The molecule has 80 valence electrons. The third-order valence-electron chi connectivity index (χ3n) is 3.48. The number of nitrogens with one attached hydrogen (secondary N) is 1. The molecule has 2 unspecified atom stereocenters. The highest BCUT2D eigenvalue weighted by molar-refractivity contribution is 8.14. The number of hydrogen-bond donors (Lipinski definition) is 1. The summed E-state index contributed by atoms with van der Waals surface area (Å²) in [5.41, 5.74) is 0.444. The number of rotatable bonds is 2. The molecule has 0 radical (unpaired) electrons. The van der Waals surface area contributed by atoms with Gasteiger partial charge in [0.1, 0.15) is 0 Å². The molecule has 2 aliphatic rings. The average Bonchev–Trinajstić information content (AvgIpc) is 2.60. The summed E-state index contributed by atoms with van der Waals surface area (Å²) in [5.74, 6) is 1.20. The minimum absolute atomic E-state index is 0.444. The van der Waals surface area contributed by atoms with Gasteiger partial charge >= 0.3 is 0 Å². The van der Waals surface area contributed by atoms with E-state index in [0.717, 1.165) is 0 Å². The van der Waals surface area contributed by atoms with Gasteiger partial charge in [-0.3, -0.25) is 4.99 Å². The topological polar surface area (TPSA) is 24.4 Å². The van der Waals surface area contributed by atoms with E-state index >= 15 is 0 Å².